The standard InChI is InChI=1S/C4H12N2Te/c5-1-3-7-4-2-6/h1-6H2. The molecule has 0 aromatic carbocycles. The second-order valence-corrected chi connectivity index (χ2v) is 4.69. The first-order valence-corrected chi connectivity index (χ1v) is 5.69. The van der Waals surface area contributed by atoms with E-state index in [1.165, 1.54) is 8.94 Å². The third-order valence-electron chi connectivity index (χ3n) is 0.524. The van der Waals surface area contributed by atoms with Crippen LogP contribution in [0.15, 0.2) is 0 Å². The van der Waals surface area contributed by atoms with Gasteiger partial charge in [-0.25, -0.2) is 0 Å². The number of rotatable bonds is 4. The maximum atomic E-state index is 5.26. The van der Waals surface area contributed by atoms with Crippen LogP contribution in [0.1, 0.15) is 0 Å². The van der Waals surface area contributed by atoms with E-state index in [1.54, 1.807) is 0 Å². The summed E-state index contributed by atoms with van der Waals surface area (Å²) in [5.74, 6) is 0. The first-order chi connectivity index (χ1) is 3.41. The first kappa shape index (κ1) is 7.71. The topological polar surface area (TPSA) is 52.0 Å². The van der Waals surface area contributed by atoms with Crippen LogP contribution in [-0.2, 0) is 0 Å². The van der Waals surface area contributed by atoms with Crippen LogP contribution < -0.4 is 11.5 Å². The molecule has 0 aromatic rings. The van der Waals surface area contributed by atoms with E-state index in [0.29, 0.717) is 0 Å². The summed E-state index contributed by atoms with van der Waals surface area (Å²) in [6, 6.07) is 0. The van der Waals surface area contributed by atoms with Crippen LogP contribution in [0.25, 0.3) is 0 Å². The Morgan fingerprint density at radius 1 is 1.00 bits per heavy atom. The Hall–Kier alpha value is 0.710. The van der Waals surface area contributed by atoms with Gasteiger partial charge in [0.1, 0.15) is 0 Å². The van der Waals surface area contributed by atoms with Gasteiger partial charge in [0.05, 0.1) is 0 Å². The molecule has 2 nitrogen and oxygen atoms in total. The molecule has 0 heterocycles. The summed E-state index contributed by atoms with van der Waals surface area (Å²) in [4.78, 5) is 0. The summed E-state index contributed by atoms with van der Waals surface area (Å²) in [6.45, 7) is 1.73. The Morgan fingerprint density at radius 2 is 1.43 bits per heavy atom. The molecule has 0 amide bonds. The molecule has 0 fully saturated rings. The van der Waals surface area contributed by atoms with E-state index in [1.807, 2.05) is 0 Å². The van der Waals surface area contributed by atoms with Crippen molar-refractivity contribution in [2.45, 2.75) is 8.94 Å². The van der Waals surface area contributed by atoms with E-state index in [0.717, 1.165) is 13.1 Å². The van der Waals surface area contributed by atoms with Crippen molar-refractivity contribution in [3.8, 4) is 0 Å². The predicted molar refractivity (Wildman–Crippen MR) is 33.5 cm³/mol. The van der Waals surface area contributed by atoms with Crippen LogP contribution in [0, 0.1) is 0 Å². The van der Waals surface area contributed by atoms with Gasteiger partial charge in [-0.2, -0.15) is 0 Å². The number of nitrogens with two attached hydrogens (primary N) is 2. The zero-order valence-electron chi connectivity index (χ0n) is 4.39. The van der Waals surface area contributed by atoms with E-state index in [9.17, 15) is 0 Å². The monoisotopic (exact) mass is 218 g/mol. The van der Waals surface area contributed by atoms with Gasteiger partial charge in [0.25, 0.3) is 0 Å². The molecule has 0 aliphatic heterocycles. The van der Waals surface area contributed by atoms with Crippen LogP contribution in [0.4, 0.5) is 0 Å². The average molecular weight is 216 g/mol. The molecule has 0 rings (SSSR count). The van der Waals surface area contributed by atoms with Crippen LogP contribution in [0.5, 0.6) is 0 Å². The second kappa shape index (κ2) is 6.71. The molecule has 0 atom stereocenters. The molecule has 0 spiro atoms. The van der Waals surface area contributed by atoms with Crippen molar-refractivity contribution in [2.75, 3.05) is 13.1 Å². The fraction of sp³-hybridized carbons (Fsp3) is 1.00. The molecular weight excluding hydrogens is 204 g/mol. The van der Waals surface area contributed by atoms with E-state index in [4.69, 9.17) is 11.5 Å². The molecule has 0 saturated heterocycles. The van der Waals surface area contributed by atoms with Crippen LogP contribution >= 0.6 is 0 Å². The van der Waals surface area contributed by atoms with Gasteiger partial charge < -0.3 is 0 Å². The second-order valence-electron chi connectivity index (χ2n) is 1.19. The van der Waals surface area contributed by atoms with E-state index in [2.05, 4.69) is 0 Å². The Balaban J connectivity index is 2.45. The average Bonchev–Trinajstić information content (AvgIpc) is 1.69. The third kappa shape index (κ3) is 6.71. The maximum absolute atomic E-state index is 5.26. The van der Waals surface area contributed by atoms with E-state index >= 15 is 0 Å². The van der Waals surface area contributed by atoms with Crippen LogP contribution in [-0.4, -0.2) is 34.0 Å². The molecule has 0 bridgehead atoms. The van der Waals surface area contributed by atoms with Crippen molar-refractivity contribution in [1.82, 2.24) is 0 Å². The van der Waals surface area contributed by atoms with E-state index < -0.39 is 0 Å². The molecule has 0 unspecified atom stereocenters. The summed E-state index contributed by atoms with van der Waals surface area (Å²) in [7, 11) is 0. The van der Waals surface area contributed by atoms with Crippen molar-refractivity contribution in [3.63, 3.8) is 0 Å². The zero-order chi connectivity index (χ0) is 5.54. The van der Waals surface area contributed by atoms with Gasteiger partial charge in [0.2, 0.25) is 0 Å². The van der Waals surface area contributed by atoms with Gasteiger partial charge in [-0.1, -0.05) is 0 Å². The fourth-order valence-electron chi connectivity index (χ4n) is 0.269. The van der Waals surface area contributed by atoms with Crippen molar-refractivity contribution < 1.29 is 0 Å². The Bertz CT molecular complexity index is 28.9. The quantitative estimate of drug-likeness (QED) is 0.488. The third-order valence-corrected chi connectivity index (χ3v) is 3.52. The van der Waals surface area contributed by atoms with Crippen molar-refractivity contribution >= 4 is 20.9 Å². The summed E-state index contributed by atoms with van der Waals surface area (Å²) >= 11 is 0.227. The Kier molecular flexibility index (Phi) is 7.39. The van der Waals surface area contributed by atoms with Gasteiger partial charge in [-0.3, -0.25) is 0 Å². The molecule has 0 radical (unpaired) electrons. The Labute approximate surface area is 54.7 Å². The van der Waals surface area contributed by atoms with E-state index in [-0.39, 0.29) is 20.9 Å². The first-order valence-electron chi connectivity index (χ1n) is 2.39. The molecule has 0 aliphatic carbocycles. The van der Waals surface area contributed by atoms with Gasteiger partial charge in [0, 0.05) is 0 Å². The van der Waals surface area contributed by atoms with Crippen molar-refractivity contribution in [1.29, 1.82) is 0 Å². The fourth-order valence-corrected chi connectivity index (χ4v) is 1.80. The Morgan fingerprint density at radius 3 is 1.71 bits per heavy atom. The summed E-state index contributed by atoms with van der Waals surface area (Å²) in [5.41, 5.74) is 10.5. The summed E-state index contributed by atoms with van der Waals surface area (Å²) in [6.07, 6.45) is 0. The SMILES string of the molecule is NCC[Te]CCN. The predicted octanol–water partition coefficient (Wildman–Crippen LogP) is -0.555. The molecule has 7 heavy (non-hydrogen) atoms. The minimum absolute atomic E-state index is 0.227. The van der Waals surface area contributed by atoms with Crippen molar-refractivity contribution in [3.05, 3.63) is 0 Å². The summed E-state index contributed by atoms with van der Waals surface area (Å²) in [5, 5.41) is 0. The summed E-state index contributed by atoms with van der Waals surface area (Å²) < 4.78 is 2.50. The minimum atomic E-state index is 0.227. The van der Waals surface area contributed by atoms with Crippen LogP contribution in [0.3, 0.4) is 0 Å². The molecule has 0 aromatic heterocycles. The number of hydrogen-bond acceptors (Lipinski definition) is 2. The van der Waals surface area contributed by atoms with Gasteiger partial charge in [0.15, 0.2) is 0 Å². The molecule has 3 heteroatoms. The molecule has 4 N–H and O–H groups in total. The van der Waals surface area contributed by atoms with Gasteiger partial charge in [-0.15, -0.1) is 0 Å². The zero-order valence-corrected chi connectivity index (χ0v) is 6.72. The normalized spacial score (nSPS) is 9.43. The van der Waals surface area contributed by atoms with Crippen molar-refractivity contribution in [2.24, 2.45) is 11.5 Å². The van der Waals surface area contributed by atoms with Gasteiger partial charge >= 0.3 is 54.4 Å². The number of hydrogen-bond donors (Lipinski definition) is 2. The molecule has 44 valence electrons. The van der Waals surface area contributed by atoms with Gasteiger partial charge in [-0.05, 0) is 0 Å². The molecule has 0 saturated carbocycles. The molecule has 0 aliphatic rings. The van der Waals surface area contributed by atoms with Crippen LogP contribution in [0.2, 0.25) is 8.94 Å². The molecular formula is C4H12N2Te.